The van der Waals surface area contributed by atoms with Crippen molar-refractivity contribution in [3.8, 4) is 5.69 Å². The third-order valence-electron chi connectivity index (χ3n) is 4.46. The van der Waals surface area contributed by atoms with Crippen molar-refractivity contribution < 1.29 is 4.79 Å². The van der Waals surface area contributed by atoms with E-state index < -0.39 is 0 Å². The van der Waals surface area contributed by atoms with Crippen LogP contribution in [-0.4, -0.2) is 28.3 Å². The SMILES string of the molecule is Cl.NC1CCCC(C(=O)NCCc2cnn(-c3ccccc3)c2)C1. The number of carbonyl (C=O) groups is 1. The first-order valence-corrected chi connectivity index (χ1v) is 8.34. The van der Waals surface area contributed by atoms with Gasteiger partial charge in [0.05, 0.1) is 11.9 Å². The maximum Gasteiger partial charge on any atom is 0.223 e. The Morgan fingerprint density at radius 2 is 2.08 bits per heavy atom. The van der Waals surface area contributed by atoms with Gasteiger partial charge in [-0.1, -0.05) is 24.6 Å². The van der Waals surface area contributed by atoms with Crippen LogP contribution in [0.25, 0.3) is 5.69 Å². The van der Waals surface area contributed by atoms with Crippen LogP contribution in [0.4, 0.5) is 0 Å². The van der Waals surface area contributed by atoms with Crippen LogP contribution < -0.4 is 11.1 Å². The lowest BCUT2D eigenvalue weighted by Crippen LogP contribution is -2.38. The highest BCUT2D eigenvalue weighted by atomic mass is 35.5. The van der Waals surface area contributed by atoms with Gasteiger partial charge in [-0.2, -0.15) is 5.10 Å². The summed E-state index contributed by atoms with van der Waals surface area (Å²) in [6.07, 6.45) is 8.54. The molecule has 0 aliphatic heterocycles. The average Bonchev–Trinajstić information content (AvgIpc) is 3.04. The highest BCUT2D eigenvalue weighted by molar-refractivity contribution is 5.85. The largest absolute Gasteiger partial charge is 0.356 e. The average molecular weight is 349 g/mol. The molecule has 3 N–H and O–H groups in total. The molecule has 1 aliphatic carbocycles. The number of nitrogens with zero attached hydrogens (tertiary/aromatic N) is 2. The van der Waals surface area contributed by atoms with Gasteiger partial charge in [-0.15, -0.1) is 12.4 Å². The van der Waals surface area contributed by atoms with Crippen molar-refractivity contribution >= 4 is 18.3 Å². The predicted molar refractivity (Wildman–Crippen MR) is 97.5 cm³/mol. The molecule has 0 radical (unpaired) electrons. The van der Waals surface area contributed by atoms with Gasteiger partial charge in [0.15, 0.2) is 0 Å². The third kappa shape index (κ3) is 4.82. The number of benzene rings is 1. The van der Waals surface area contributed by atoms with Crippen molar-refractivity contribution in [2.24, 2.45) is 11.7 Å². The second-order valence-electron chi connectivity index (χ2n) is 6.29. The number of rotatable bonds is 5. The summed E-state index contributed by atoms with van der Waals surface area (Å²) in [6, 6.07) is 10.2. The van der Waals surface area contributed by atoms with Gasteiger partial charge in [0.25, 0.3) is 0 Å². The van der Waals surface area contributed by atoms with Crippen LogP contribution in [0.15, 0.2) is 42.7 Å². The van der Waals surface area contributed by atoms with Gasteiger partial charge < -0.3 is 11.1 Å². The maximum atomic E-state index is 12.2. The predicted octanol–water partition coefficient (Wildman–Crippen LogP) is 2.47. The van der Waals surface area contributed by atoms with Gasteiger partial charge in [0, 0.05) is 24.7 Å². The zero-order valence-corrected chi connectivity index (χ0v) is 14.5. The Labute approximate surface area is 149 Å². The molecule has 0 saturated heterocycles. The number of hydrogen-bond donors (Lipinski definition) is 2. The van der Waals surface area contributed by atoms with Crippen LogP contribution in [0.3, 0.4) is 0 Å². The van der Waals surface area contributed by atoms with Crippen molar-refractivity contribution in [2.45, 2.75) is 38.1 Å². The van der Waals surface area contributed by atoms with Crippen LogP contribution in [0.1, 0.15) is 31.2 Å². The highest BCUT2D eigenvalue weighted by Crippen LogP contribution is 2.23. The molecule has 1 aliphatic rings. The number of nitrogens with one attached hydrogen (secondary N) is 1. The molecule has 0 bridgehead atoms. The van der Waals surface area contributed by atoms with E-state index in [2.05, 4.69) is 10.4 Å². The molecule has 3 rings (SSSR count). The Bertz CT molecular complexity index is 643. The van der Waals surface area contributed by atoms with E-state index in [-0.39, 0.29) is 30.3 Å². The topological polar surface area (TPSA) is 72.9 Å². The second kappa shape index (κ2) is 8.85. The number of amides is 1. The Hall–Kier alpha value is -1.85. The van der Waals surface area contributed by atoms with E-state index in [1.54, 1.807) is 0 Å². The van der Waals surface area contributed by atoms with Crippen LogP contribution in [0.2, 0.25) is 0 Å². The fourth-order valence-electron chi connectivity index (χ4n) is 3.15. The Morgan fingerprint density at radius 1 is 1.29 bits per heavy atom. The Balaban J connectivity index is 0.00000208. The Kier molecular flexibility index (Phi) is 6.82. The summed E-state index contributed by atoms with van der Waals surface area (Å²) >= 11 is 0. The molecule has 6 heteroatoms. The van der Waals surface area contributed by atoms with Crippen molar-refractivity contribution in [3.05, 3.63) is 48.3 Å². The van der Waals surface area contributed by atoms with Gasteiger partial charge in [0.2, 0.25) is 5.91 Å². The normalized spacial score (nSPS) is 20.2. The quantitative estimate of drug-likeness (QED) is 0.871. The molecule has 1 fully saturated rings. The molecule has 1 amide bonds. The molecule has 130 valence electrons. The first-order valence-electron chi connectivity index (χ1n) is 8.34. The summed E-state index contributed by atoms with van der Waals surface area (Å²) in [5.74, 6) is 0.237. The molecule has 1 saturated carbocycles. The van der Waals surface area contributed by atoms with E-state index in [1.807, 2.05) is 47.4 Å². The fourth-order valence-corrected chi connectivity index (χ4v) is 3.15. The lowest BCUT2D eigenvalue weighted by molar-refractivity contribution is -0.126. The molecular weight excluding hydrogens is 324 g/mol. The lowest BCUT2D eigenvalue weighted by Gasteiger charge is -2.25. The molecule has 2 unspecified atom stereocenters. The summed E-state index contributed by atoms with van der Waals surface area (Å²) in [6.45, 7) is 0.644. The molecular formula is C18H25ClN4O. The van der Waals surface area contributed by atoms with E-state index in [9.17, 15) is 4.79 Å². The number of aromatic nitrogens is 2. The number of halogens is 1. The first-order chi connectivity index (χ1) is 11.2. The van der Waals surface area contributed by atoms with Crippen molar-refractivity contribution in [3.63, 3.8) is 0 Å². The molecule has 0 spiro atoms. The van der Waals surface area contributed by atoms with E-state index in [1.165, 1.54) is 0 Å². The van der Waals surface area contributed by atoms with Gasteiger partial charge >= 0.3 is 0 Å². The van der Waals surface area contributed by atoms with Crippen LogP contribution in [0, 0.1) is 5.92 Å². The molecule has 5 nitrogen and oxygen atoms in total. The number of para-hydroxylation sites is 1. The van der Waals surface area contributed by atoms with Crippen molar-refractivity contribution in [1.82, 2.24) is 15.1 Å². The molecule has 1 heterocycles. The summed E-state index contributed by atoms with van der Waals surface area (Å²) in [5.41, 5.74) is 8.11. The van der Waals surface area contributed by atoms with Gasteiger partial charge in [-0.05, 0) is 43.4 Å². The monoisotopic (exact) mass is 348 g/mol. The van der Waals surface area contributed by atoms with Gasteiger partial charge in [-0.3, -0.25) is 4.79 Å². The van der Waals surface area contributed by atoms with Crippen LogP contribution in [0.5, 0.6) is 0 Å². The number of carbonyl (C=O) groups excluding carboxylic acids is 1. The Morgan fingerprint density at radius 3 is 2.83 bits per heavy atom. The van der Waals surface area contributed by atoms with E-state index in [4.69, 9.17) is 5.73 Å². The minimum atomic E-state index is 0. The van der Waals surface area contributed by atoms with Crippen LogP contribution in [-0.2, 0) is 11.2 Å². The fraction of sp³-hybridized carbons (Fsp3) is 0.444. The van der Waals surface area contributed by atoms with E-state index in [0.29, 0.717) is 6.54 Å². The minimum Gasteiger partial charge on any atom is -0.356 e. The zero-order chi connectivity index (χ0) is 16.1. The first kappa shape index (κ1) is 18.5. The summed E-state index contributed by atoms with van der Waals surface area (Å²) in [7, 11) is 0. The molecule has 2 aromatic rings. The molecule has 1 aromatic carbocycles. The van der Waals surface area contributed by atoms with Crippen LogP contribution >= 0.6 is 12.4 Å². The highest BCUT2D eigenvalue weighted by Gasteiger charge is 2.24. The summed E-state index contributed by atoms with van der Waals surface area (Å²) < 4.78 is 1.86. The van der Waals surface area contributed by atoms with Crippen molar-refractivity contribution in [2.75, 3.05) is 6.54 Å². The molecule has 2 atom stereocenters. The van der Waals surface area contributed by atoms with E-state index >= 15 is 0 Å². The maximum absolute atomic E-state index is 12.2. The number of hydrogen-bond acceptors (Lipinski definition) is 3. The van der Waals surface area contributed by atoms with Crippen molar-refractivity contribution in [1.29, 1.82) is 0 Å². The molecule has 24 heavy (non-hydrogen) atoms. The second-order valence-corrected chi connectivity index (χ2v) is 6.29. The standard InChI is InChI=1S/C18H24N4O.ClH/c19-16-6-4-5-15(11-16)18(23)20-10-9-14-12-21-22(13-14)17-7-2-1-3-8-17;/h1-3,7-8,12-13,15-16H,4-6,9-11,19H2,(H,20,23);1H. The molecule has 1 aromatic heterocycles. The summed E-state index contributed by atoms with van der Waals surface area (Å²) in [5, 5.41) is 7.41. The minimum absolute atomic E-state index is 0. The van der Waals surface area contributed by atoms with Gasteiger partial charge in [-0.25, -0.2) is 4.68 Å². The number of nitrogens with two attached hydrogens (primary N) is 1. The lowest BCUT2D eigenvalue weighted by atomic mass is 9.85. The zero-order valence-electron chi connectivity index (χ0n) is 13.7. The smallest absolute Gasteiger partial charge is 0.223 e. The summed E-state index contributed by atoms with van der Waals surface area (Å²) in [4.78, 5) is 12.2. The van der Waals surface area contributed by atoms with Gasteiger partial charge in [0.1, 0.15) is 0 Å². The third-order valence-corrected chi connectivity index (χ3v) is 4.46. The van der Waals surface area contributed by atoms with E-state index in [0.717, 1.165) is 43.4 Å².